The molecule has 1 N–H and O–H groups in total. The first-order chi connectivity index (χ1) is 8.92. The highest BCUT2D eigenvalue weighted by molar-refractivity contribution is 9.10. The molecule has 0 aromatic heterocycles. The van der Waals surface area contributed by atoms with E-state index >= 15 is 0 Å². The van der Waals surface area contributed by atoms with Crippen molar-refractivity contribution in [2.75, 3.05) is 25.1 Å². The molecule has 1 rings (SSSR count). The van der Waals surface area contributed by atoms with Crippen molar-refractivity contribution in [3.63, 3.8) is 0 Å². The van der Waals surface area contributed by atoms with Gasteiger partial charge in [-0.3, -0.25) is 0 Å². The van der Waals surface area contributed by atoms with Gasteiger partial charge >= 0.3 is 0 Å². The summed E-state index contributed by atoms with van der Waals surface area (Å²) in [7, 11) is -2.86. The first kappa shape index (κ1) is 16.7. The number of likely N-dealkylation sites (N-methyl/N-ethyl adjacent to an activating group) is 1. The minimum absolute atomic E-state index is 0.267. The van der Waals surface area contributed by atoms with Crippen LogP contribution in [0.2, 0.25) is 0 Å². The molecule has 0 radical (unpaired) electrons. The van der Waals surface area contributed by atoms with E-state index in [4.69, 9.17) is 0 Å². The lowest BCUT2D eigenvalue weighted by Crippen LogP contribution is -2.21. The largest absolute Gasteiger partial charge is 0.316 e. The Balaban J connectivity index is 2.66. The van der Waals surface area contributed by atoms with Gasteiger partial charge in [0.25, 0.3) is 0 Å². The van der Waals surface area contributed by atoms with E-state index in [1.54, 1.807) is 0 Å². The lowest BCUT2D eigenvalue weighted by Gasteiger charge is -2.18. The molecule has 108 valence electrons. The number of benzene rings is 1. The predicted octanol–water partition coefficient (Wildman–Crippen LogP) is 2.97. The summed E-state index contributed by atoms with van der Waals surface area (Å²) in [4.78, 5) is 0. The minimum Gasteiger partial charge on any atom is -0.316 e. The van der Waals surface area contributed by atoms with Crippen LogP contribution >= 0.6 is 15.9 Å². The molecule has 0 bridgehead atoms. The van der Waals surface area contributed by atoms with Crippen molar-refractivity contribution in [3.8, 4) is 0 Å². The molecule has 1 unspecified atom stereocenters. The molecule has 0 heterocycles. The number of hydrogen-bond donors (Lipinski definition) is 1. The van der Waals surface area contributed by atoms with Gasteiger partial charge in [0.15, 0.2) is 0 Å². The van der Waals surface area contributed by atoms with Gasteiger partial charge in [-0.05, 0) is 43.0 Å². The fourth-order valence-corrected chi connectivity index (χ4v) is 3.17. The van der Waals surface area contributed by atoms with E-state index < -0.39 is 9.84 Å². The molecular formula is C14H22BrNO2S. The lowest BCUT2D eigenvalue weighted by atomic mass is 9.94. The number of halogens is 1. The van der Waals surface area contributed by atoms with Crippen LogP contribution in [0.4, 0.5) is 0 Å². The van der Waals surface area contributed by atoms with Crippen LogP contribution in [0.5, 0.6) is 0 Å². The molecule has 5 heteroatoms. The van der Waals surface area contributed by atoms with E-state index in [-0.39, 0.29) is 5.75 Å². The van der Waals surface area contributed by atoms with Crippen molar-refractivity contribution in [1.29, 1.82) is 0 Å². The second-order valence-corrected chi connectivity index (χ2v) is 8.01. The van der Waals surface area contributed by atoms with Gasteiger partial charge < -0.3 is 5.32 Å². The van der Waals surface area contributed by atoms with Crippen molar-refractivity contribution in [2.24, 2.45) is 0 Å². The van der Waals surface area contributed by atoms with Crippen LogP contribution in [0.25, 0.3) is 0 Å². The summed E-state index contributed by atoms with van der Waals surface area (Å²) >= 11 is 3.48. The first-order valence-corrected chi connectivity index (χ1v) is 9.41. The Bertz CT molecular complexity index is 488. The molecule has 0 aliphatic carbocycles. The van der Waals surface area contributed by atoms with E-state index in [9.17, 15) is 8.42 Å². The molecule has 1 aromatic carbocycles. The Morgan fingerprint density at radius 1 is 1.37 bits per heavy atom. The zero-order valence-corrected chi connectivity index (χ0v) is 13.9. The van der Waals surface area contributed by atoms with E-state index in [1.807, 2.05) is 12.1 Å². The van der Waals surface area contributed by atoms with Crippen LogP contribution in [-0.2, 0) is 9.84 Å². The second-order valence-electron chi connectivity index (χ2n) is 4.83. The summed E-state index contributed by atoms with van der Waals surface area (Å²) in [5.74, 6) is 0.628. The topological polar surface area (TPSA) is 46.2 Å². The molecule has 0 spiro atoms. The van der Waals surface area contributed by atoms with Gasteiger partial charge in [0.2, 0.25) is 0 Å². The molecule has 0 saturated heterocycles. The van der Waals surface area contributed by atoms with Gasteiger partial charge in [0.1, 0.15) is 9.84 Å². The second kappa shape index (κ2) is 8.02. The van der Waals surface area contributed by atoms with Crippen molar-refractivity contribution in [3.05, 3.63) is 34.3 Å². The van der Waals surface area contributed by atoms with Gasteiger partial charge in [-0.1, -0.05) is 35.0 Å². The zero-order valence-electron chi connectivity index (χ0n) is 11.5. The summed E-state index contributed by atoms with van der Waals surface area (Å²) in [6, 6.07) is 8.24. The summed E-state index contributed by atoms with van der Waals surface area (Å²) in [5.41, 5.74) is 1.25. The van der Waals surface area contributed by atoms with Gasteiger partial charge in [0, 0.05) is 23.0 Å². The average Bonchev–Trinajstić information content (AvgIpc) is 2.32. The average molecular weight is 348 g/mol. The Hall–Kier alpha value is -0.390. The summed E-state index contributed by atoms with van der Waals surface area (Å²) in [6.45, 7) is 3.89. The molecular weight excluding hydrogens is 326 g/mol. The highest BCUT2D eigenvalue weighted by atomic mass is 79.9. The lowest BCUT2D eigenvalue weighted by molar-refractivity contribution is 0.549. The van der Waals surface area contributed by atoms with Crippen molar-refractivity contribution < 1.29 is 8.42 Å². The van der Waals surface area contributed by atoms with Crippen molar-refractivity contribution >= 4 is 25.8 Å². The van der Waals surface area contributed by atoms with Crippen molar-refractivity contribution in [1.82, 2.24) is 5.32 Å². The van der Waals surface area contributed by atoms with E-state index in [2.05, 4.69) is 40.3 Å². The van der Waals surface area contributed by atoms with Crippen LogP contribution < -0.4 is 5.32 Å². The van der Waals surface area contributed by atoms with Gasteiger partial charge in [-0.25, -0.2) is 8.42 Å². The summed E-state index contributed by atoms with van der Waals surface area (Å²) in [5, 5.41) is 3.35. The quantitative estimate of drug-likeness (QED) is 0.786. The van der Waals surface area contributed by atoms with E-state index in [0.717, 1.165) is 24.0 Å². The van der Waals surface area contributed by atoms with Crippen molar-refractivity contribution in [2.45, 2.75) is 25.7 Å². The molecule has 3 nitrogen and oxygen atoms in total. The normalized spacial score (nSPS) is 13.4. The molecule has 0 aliphatic heterocycles. The molecule has 0 aliphatic rings. The molecule has 19 heavy (non-hydrogen) atoms. The first-order valence-electron chi connectivity index (χ1n) is 6.56. The number of rotatable bonds is 8. The SMILES string of the molecule is CCNCC(CCCS(C)(=O)=O)c1cccc(Br)c1. The Kier molecular flexibility index (Phi) is 7.04. The fourth-order valence-electron chi connectivity index (χ4n) is 2.06. The van der Waals surface area contributed by atoms with Crippen LogP contribution in [0, 0.1) is 0 Å². The minimum atomic E-state index is -2.86. The van der Waals surface area contributed by atoms with Crippen LogP contribution in [-0.4, -0.2) is 33.5 Å². The standard InChI is InChI=1S/C14H22BrNO2S/c1-3-16-11-13(7-5-9-19(2,17)18)12-6-4-8-14(15)10-12/h4,6,8,10,13,16H,3,5,7,9,11H2,1-2H3. The van der Waals surface area contributed by atoms with E-state index in [0.29, 0.717) is 12.3 Å². The van der Waals surface area contributed by atoms with Crippen LogP contribution in [0.1, 0.15) is 31.2 Å². The van der Waals surface area contributed by atoms with Crippen LogP contribution in [0.15, 0.2) is 28.7 Å². The maximum Gasteiger partial charge on any atom is 0.147 e. The van der Waals surface area contributed by atoms with Crippen LogP contribution in [0.3, 0.4) is 0 Å². The molecule has 1 atom stereocenters. The summed E-state index contributed by atoms with van der Waals surface area (Å²) < 4.78 is 23.5. The third-order valence-electron chi connectivity index (χ3n) is 3.03. The maximum atomic E-state index is 11.2. The Morgan fingerprint density at radius 2 is 2.11 bits per heavy atom. The summed E-state index contributed by atoms with van der Waals surface area (Å²) in [6.07, 6.45) is 2.89. The Labute approximate surface area is 124 Å². The maximum absolute atomic E-state index is 11.2. The third kappa shape index (κ3) is 7.09. The van der Waals surface area contributed by atoms with Gasteiger partial charge in [-0.15, -0.1) is 0 Å². The van der Waals surface area contributed by atoms with Gasteiger partial charge in [0.05, 0.1) is 0 Å². The highest BCUT2D eigenvalue weighted by Crippen LogP contribution is 2.24. The predicted molar refractivity (Wildman–Crippen MR) is 84.4 cm³/mol. The number of sulfone groups is 1. The monoisotopic (exact) mass is 347 g/mol. The molecule has 0 fully saturated rings. The molecule has 0 saturated carbocycles. The molecule has 1 aromatic rings. The smallest absolute Gasteiger partial charge is 0.147 e. The Morgan fingerprint density at radius 3 is 2.68 bits per heavy atom. The number of nitrogens with one attached hydrogen (secondary N) is 1. The fraction of sp³-hybridized carbons (Fsp3) is 0.571. The molecule has 0 amide bonds. The third-order valence-corrected chi connectivity index (χ3v) is 4.55. The van der Waals surface area contributed by atoms with E-state index in [1.165, 1.54) is 11.8 Å². The van der Waals surface area contributed by atoms with Gasteiger partial charge in [-0.2, -0.15) is 0 Å². The number of hydrogen-bond acceptors (Lipinski definition) is 3. The zero-order chi connectivity index (χ0) is 14.3. The highest BCUT2D eigenvalue weighted by Gasteiger charge is 2.13.